The normalized spacial score (nSPS) is 16.0. The summed E-state index contributed by atoms with van der Waals surface area (Å²) in [6.45, 7) is 2.51. The van der Waals surface area contributed by atoms with E-state index in [2.05, 4.69) is 14.7 Å². The maximum absolute atomic E-state index is 15.2. The number of sulfonamides is 1. The molecular formula is C24H23F8N5O4S2. The third kappa shape index (κ3) is 8.50. The molecule has 2 N–H and O–H groups in total. The van der Waals surface area contributed by atoms with Gasteiger partial charge in [-0.2, -0.15) is 26.3 Å². The van der Waals surface area contributed by atoms with E-state index in [4.69, 9.17) is 9.90 Å². The van der Waals surface area contributed by atoms with E-state index in [9.17, 15) is 39.2 Å². The minimum Gasteiger partial charge on any atom is -0.475 e. The summed E-state index contributed by atoms with van der Waals surface area (Å²) in [7, 11) is -2.92. The van der Waals surface area contributed by atoms with Crippen molar-refractivity contribution in [2.75, 3.05) is 29.8 Å². The fraction of sp³-hybridized carbons (Fsp3) is 0.375. The zero-order chi connectivity index (χ0) is 32.3. The molecule has 236 valence electrons. The van der Waals surface area contributed by atoms with Crippen molar-refractivity contribution < 1.29 is 53.4 Å². The van der Waals surface area contributed by atoms with Crippen molar-refractivity contribution in [1.29, 1.82) is 0 Å². The van der Waals surface area contributed by atoms with Gasteiger partial charge in [0.25, 0.3) is 10.0 Å². The van der Waals surface area contributed by atoms with E-state index in [0.717, 1.165) is 23.5 Å². The van der Waals surface area contributed by atoms with Gasteiger partial charge < -0.3 is 10.0 Å². The second-order valence-corrected chi connectivity index (χ2v) is 11.6. The van der Waals surface area contributed by atoms with Gasteiger partial charge in [-0.15, -0.1) is 11.3 Å². The molecule has 0 radical (unpaired) electrons. The Kier molecular flexibility index (Phi) is 10.2. The van der Waals surface area contributed by atoms with Gasteiger partial charge in [0, 0.05) is 49.4 Å². The van der Waals surface area contributed by atoms with E-state index in [1.807, 2.05) is 4.90 Å². The number of nitrogens with zero attached hydrogens (tertiary/aromatic N) is 4. The van der Waals surface area contributed by atoms with Crippen LogP contribution in [0.3, 0.4) is 0 Å². The summed E-state index contributed by atoms with van der Waals surface area (Å²) in [5.74, 6) is -5.25. The lowest BCUT2D eigenvalue weighted by molar-refractivity contribution is -0.192. The van der Waals surface area contributed by atoms with E-state index in [1.54, 1.807) is 11.9 Å². The highest BCUT2D eigenvalue weighted by Crippen LogP contribution is 2.33. The van der Waals surface area contributed by atoms with Crippen molar-refractivity contribution in [3.05, 3.63) is 63.7 Å². The molecule has 1 aliphatic heterocycles. The maximum Gasteiger partial charge on any atom is 0.490 e. The van der Waals surface area contributed by atoms with Crippen LogP contribution in [-0.2, 0) is 27.5 Å². The first-order valence-electron chi connectivity index (χ1n) is 12.0. The fourth-order valence-electron chi connectivity index (χ4n) is 4.17. The van der Waals surface area contributed by atoms with E-state index in [0.29, 0.717) is 19.5 Å². The van der Waals surface area contributed by atoms with Crippen molar-refractivity contribution in [1.82, 2.24) is 14.9 Å². The van der Waals surface area contributed by atoms with Crippen LogP contribution in [0.5, 0.6) is 0 Å². The standard InChI is InChI=1S/C22H22F5N5O2S2.C2HF3O2/c1-13-17(8-16(23)21(20(13)24)36(33,34)30-19-11-35-12-28-19)31(2)15-6-7-32(10-15)9-14-4-3-5-18(29-14)22(25,26)27;3-2(4,5)1(6)7/h3-5,8,11-12,15,30H,6-7,9-10H2,1-2H3;(H,6,7)/t15-;/m0./s1. The van der Waals surface area contributed by atoms with E-state index < -0.39 is 50.6 Å². The number of aliphatic carboxylic acids is 1. The third-order valence-electron chi connectivity index (χ3n) is 6.23. The molecule has 4 rings (SSSR count). The number of hydrogen-bond donors (Lipinski definition) is 2. The summed E-state index contributed by atoms with van der Waals surface area (Å²) in [6.07, 6.45) is -9.03. The van der Waals surface area contributed by atoms with Gasteiger partial charge in [-0.25, -0.2) is 32.0 Å². The zero-order valence-electron chi connectivity index (χ0n) is 22.2. The Morgan fingerprint density at radius 1 is 1.21 bits per heavy atom. The number of aromatic nitrogens is 2. The highest BCUT2D eigenvalue weighted by atomic mass is 32.2. The van der Waals surface area contributed by atoms with Gasteiger partial charge in [0.2, 0.25) is 0 Å². The molecule has 3 heterocycles. The Morgan fingerprint density at radius 2 is 1.86 bits per heavy atom. The summed E-state index contributed by atoms with van der Waals surface area (Å²) in [5.41, 5.74) is 0.816. The van der Waals surface area contributed by atoms with Crippen molar-refractivity contribution in [3.8, 4) is 0 Å². The highest BCUT2D eigenvalue weighted by Gasteiger charge is 2.38. The molecule has 1 fully saturated rings. The van der Waals surface area contributed by atoms with Gasteiger partial charge in [-0.05, 0) is 31.5 Å². The van der Waals surface area contributed by atoms with E-state index >= 15 is 4.39 Å². The molecule has 1 atom stereocenters. The second kappa shape index (κ2) is 13.0. The highest BCUT2D eigenvalue weighted by molar-refractivity contribution is 7.92. The summed E-state index contributed by atoms with van der Waals surface area (Å²) < 4.78 is 128. The van der Waals surface area contributed by atoms with E-state index in [-0.39, 0.29) is 35.3 Å². The average Bonchev–Trinajstić information content (AvgIpc) is 3.57. The smallest absolute Gasteiger partial charge is 0.475 e. The number of carbonyl (C=O) groups is 1. The Labute approximate surface area is 243 Å². The number of rotatable bonds is 7. The minimum absolute atomic E-state index is 0.0426. The van der Waals surface area contributed by atoms with Gasteiger partial charge in [0.15, 0.2) is 16.5 Å². The fourth-order valence-corrected chi connectivity index (χ4v) is 5.92. The number of halogens is 8. The number of thiazole rings is 1. The lowest BCUT2D eigenvalue weighted by atomic mass is 10.1. The molecular weight excluding hydrogens is 638 g/mol. The van der Waals surface area contributed by atoms with Gasteiger partial charge in [0.1, 0.15) is 11.5 Å². The molecule has 2 aromatic heterocycles. The molecule has 0 unspecified atom stereocenters. The molecule has 43 heavy (non-hydrogen) atoms. The van der Waals surface area contributed by atoms with Crippen LogP contribution in [0.25, 0.3) is 0 Å². The number of benzene rings is 1. The average molecular weight is 662 g/mol. The van der Waals surface area contributed by atoms with Crippen LogP contribution in [0, 0.1) is 18.6 Å². The van der Waals surface area contributed by atoms with Crippen LogP contribution >= 0.6 is 11.3 Å². The minimum atomic E-state index is -5.08. The second-order valence-electron chi connectivity index (χ2n) is 9.23. The number of pyridine rings is 1. The Bertz CT molecular complexity index is 1550. The van der Waals surface area contributed by atoms with Crippen molar-refractivity contribution >= 4 is 38.8 Å². The molecule has 0 spiro atoms. The molecule has 19 heteroatoms. The summed E-state index contributed by atoms with van der Waals surface area (Å²) >= 11 is 1.12. The number of alkyl halides is 6. The number of hydrogen-bond acceptors (Lipinski definition) is 8. The third-order valence-corrected chi connectivity index (χ3v) is 8.21. The first-order valence-corrected chi connectivity index (χ1v) is 14.4. The maximum atomic E-state index is 15.2. The lowest BCUT2D eigenvalue weighted by Gasteiger charge is -2.29. The summed E-state index contributed by atoms with van der Waals surface area (Å²) in [6, 6.07) is 4.50. The first-order chi connectivity index (χ1) is 19.8. The van der Waals surface area contributed by atoms with Crippen LogP contribution in [0.2, 0.25) is 0 Å². The van der Waals surface area contributed by atoms with Crippen LogP contribution in [0.1, 0.15) is 23.4 Å². The number of anilines is 2. The molecule has 0 aliphatic carbocycles. The van der Waals surface area contributed by atoms with Gasteiger partial charge in [-0.1, -0.05) is 6.07 Å². The molecule has 1 aliphatic rings. The van der Waals surface area contributed by atoms with Crippen LogP contribution in [0.15, 0.2) is 40.1 Å². The first kappa shape index (κ1) is 33.9. The van der Waals surface area contributed by atoms with Crippen LogP contribution in [-0.4, -0.2) is 66.7 Å². The Balaban J connectivity index is 0.000000646. The van der Waals surface area contributed by atoms with Crippen molar-refractivity contribution in [2.24, 2.45) is 0 Å². The molecule has 1 aromatic carbocycles. The number of likely N-dealkylation sites (tertiary alicyclic amines) is 1. The zero-order valence-corrected chi connectivity index (χ0v) is 23.8. The number of nitrogens with one attached hydrogen (secondary N) is 1. The number of likely N-dealkylation sites (N-methyl/N-ethyl adjacent to an activating group) is 1. The van der Waals surface area contributed by atoms with Gasteiger partial charge >= 0.3 is 18.3 Å². The molecule has 1 saturated heterocycles. The van der Waals surface area contributed by atoms with Crippen LogP contribution in [0.4, 0.5) is 46.6 Å². The quantitative estimate of drug-likeness (QED) is 0.329. The van der Waals surface area contributed by atoms with Crippen molar-refractivity contribution in [3.63, 3.8) is 0 Å². The predicted molar refractivity (Wildman–Crippen MR) is 139 cm³/mol. The molecule has 3 aromatic rings. The largest absolute Gasteiger partial charge is 0.490 e. The molecule has 0 bridgehead atoms. The molecule has 0 amide bonds. The summed E-state index contributed by atoms with van der Waals surface area (Å²) in [4.78, 5) is 18.8. The number of carboxylic acid groups (broad SMARTS) is 1. The predicted octanol–water partition coefficient (Wildman–Crippen LogP) is 5.29. The SMILES string of the molecule is Cc1c(N(C)[C@H]2CCN(Cc3cccc(C(F)(F)F)n3)C2)cc(F)c(S(=O)(=O)Nc2cscn2)c1F.O=C(O)C(F)(F)F. The van der Waals surface area contributed by atoms with Gasteiger partial charge in [0.05, 0.1) is 11.2 Å². The summed E-state index contributed by atoms with van der Waals surface area (Å²) in [5, 5.41) is 8.52. The van der Waals surface area contributed by atoms with E-state index in [1.165, 1.54) is 29.9 Å². The number of carboxylic acids is 1. The Hall–Kier alpha value is -3.58. The molecule has 9 nitrogen and oxygen atoms in total. The monoisotopic (exact) mass is 661 g/mol. The molecule has 0 saturated carbocycles. The lowest BCUT2D eigenvalue weighted by Crippen LogP contribution is -2.35. The van der Waals surface area contributed by atoms with Crippen molar-refractivity contribution in [2.45, 2.75) is 43.2 Å². The van der Waals surface area contributed by atoms with Crippen LogP contribution < -0.4 is 9.62 Å². The van der Waals surface area contributed by atoms with Gasteiger partial charge in [-0.3, -0.25) is 9.62 Å². The topological polar surface area (TPSA) is 116 Å². The Morgan fingerprint density at radius 3 is 2.42 bits per heavy atom.